The van der Waals surface area contributed by atoms with Gasteiger partial charge in [-0.1, -0.05) is 6.07 Å². The van der Waals surface area contributed by atoms with Gasteiger partial charge < -0.3 is 14.6 Å². The van der Waals surface area contributed by atoms with Gasteiger partial charge in [0.15, 0.2) is 0 Å². The summed E-state index contributed by atoms with van der Waals surface area (Å²) in [5, 5.41) is 3.38. The number of morpholine rings is 1. The second-order valence-corrected chi connectivity index (χ2v) is 5.56. The Hall–Kier alpha value is -1.65. The summed E-state index contributed by atoms with van der Waals surface area (Å²) in [6.07, 6.45) is 7.62. The summed E-state index contributed by atoms with van der Waals surface area (Å²) in [6.45, 7) is 2.56. The number of ether oxygens (including phenoxy) is 1. The molecule has 0 saturated carbocycles. The van der Waals surface area contributed by atoms with Crippen LogP contribution in [0.2, 0.25) is 0 Å². The number of nitrogens with zero attached hydrogens (tertiary/aromatic N) is 2. The van der Waals surface area contributed by atoms with Crippen molar-refractivity contribution in [1.82, 2.24) is 14.9 Å². The normalized spacial score (nSPS) is 21.9. The van der Waals surface area contributed by atoms with E-state index in [-0.39, 0.29) is 6.10 Å². The fourth-order valence-corrected chi connectivity index (χ4v) is 3.22. The minimum Gasteiger partial charge on any atom is -0.369 e. The van der Waals surface area contributed by atoms with Crippen molar-refractivity contribution in [2.75, 3.05) is 19.7 Å². The van der Waals surface area contributed by atoms with Crippen molar-refractivity contribution in [2.45, 2.75) is 25.4 Å². The molecule has 1 aliphatic heterocycles. The van der Waals surface area contributed by atoms with Gasteiger partial charge in [0.2, 0.25) is 0 Å². The summed E-state index contributed by atoms with van der Waals surface area (Å²) < 4.78 is 8.02. The van der Waals surface area contributed by atoms with Gasteiger partial charge >= 0.3 is 0 Å². The molecule has 1 aromatic heterocycles. The number of benzene rings is 1. The van der Waals surface area contributed by atoms with Gasteiger partial charge in [0.25, 0.3) is 0 Å². The largest absolute Gasteiger partial charge is 0.369 e. The summed E-state index contributed by atoms with van der Waals surface area (Å²) in [6, 6.07) is 6.77. The molecule has 1 saturated heterocycles. The van der Waals surface area contributed by atoms with Gasteiger partial charge in [-0.05, 0) is 42.5 Å². The van der Waals surface area contributed by atoms with Crippen LogP contribution in [0.3, 0.4) is 0 Å². The second kappa shape index (κ2) is 5.04. The highest BCUT2D eigenvalue weighted by atomic mass is 16.5. The lowest BCUT2D eigenvalue weighted by molar-refractivity contribution is 0.0240. The Morgan fingerprint density at radius 3 is 3.10 bits per heavy atom. The van der Waals surface area contributed by atoms with Crippen molar-refractivity contribution in [3.63, 3.8) is 0 Å². The van der Waals surface area contributed by atoms with Crippen molar-refractivity contribution >= 4 is 0 Å². The minimum absolute atomic E-state index is 0.0968. The summed E-state index contributed by atoms with van der Waals surface area (Å²) in [4.78, 5) is 4.32. The molecule has 104 valence electrons. The van der Waals surface area contributed by atoms with E-state index in [4.69, 9.17) is 4.74 Å². The first kappa shape index (κ1) is 12.1. The lowest BCUT2D eigenvalue weighted by Crippen LogP contribution is -2.34. The van der Waals surface area contributed by atoms with Crippen molar-refractivity contribution in [3.05, 3.63) is 47.5 Å². The van der Waals surface area contributed by atoms with Crippen molar-refractivity contribution in [3.8, 4) is 5.69 Å². The first-order valence-corrected chi connectivity index (χ1v) is 7.38. The summed E-state index contributed by atoms with van der Waals surface area (Å²) >= 11 is 0. The van der Waals surface area contributed by atoms with E-state index < -0.39 is 0 Å². The Morgan fingerprint density at radius 1 is 1.25 bits per heavy atom. The Bertz CT molecular complexity index is 614. The molecule has 20 heavy (non-hydrogen) atoms. The molecule has 4 rings (SSSR count). The first-order valence-electron chi connectivity index (χ1n) is 7.38. The van der Waals surface area contributed by atoms with Crippen LogP contribution in [0.25, 0.3) is 5.69 Å². The molecule has 4 heteroatoms. The highest BCUT2D eigenvalue weighted by Gasteiger charge is 2.20. The number of hydrogen-bond acceptors (Lipinski definition) is 3. The van der Waals surface area contributed by atoms with E-state index in [0.29, 0.717) is 0 Å². The predicted octanol–water partition coefficient (Wildman–Crippen LogP) is 2.02. The fraction of sp³-hybridized carbons (Fsp3) is 0.438. The van der Waals surface area contributed by atoms with Gasteiger partial charge in [0.05, 0.1) is 24.8 Å². The number of aromatic nitrogens is 2. The van der Waals surface area contributed by atoms with Crippen LogP contribution in [-0.4, -0.2) is 29.2 Å². The zero-order valence-corrected chi connectivity index (χ0v) is 11.5. The van der Waals surface area contributed by atoms with Crippen LogP contribution in [0.4, 0.5) is 0 Å². The monoisotopic (exact) mass is 269 g/mol. The van der Waals surface area contributed by atoms with E-state index in [0.717, 1.165) is 25.4 Å². The Morgan fingerprint density at radius 2 is 2.20 bits per heavy atom. The van der Waals surface area contributed by atoms with E-state index in [1.54, 1.807) is 0 Å². The van der Waals surface area contributed by atoms with Crippen LogP contribution in [0.5, 0.6) is 0 Å². The first-order chi connectivity index (χ1) is 9.92. The van der Waals surface area contributed by atoms with Gasteiger partial charge in [-0.3, -0.25) is 0 Å². The lowest BCUT2D eigenvalue weighted by Gasteiger charge is -2.24. The van der Waals surface area contributed by atoms with Gasteiger partial charge in [-0.15, -0.1) is 0 Å². The smallest absolute Gasteiger partial charge is 0.112 e. The maximum absolute atomic E-state index is 5.85. The van der Waals surface area contributed by atoms with Crippen LogP contribution < -0.4 is 5.32 Å². The number of rotatable bonds is 2. The van der Waals surface area contributed by atoms with Crippen LogP contribution >= 0.6 is 0 Å². The number of imidazole rings is 1. The molecule has 4 nitrogen and oxygen atoms in total. The standard InChI is InChI=1S/C16H19N3O/c1-2-12-4-5-14(8-13(12)3-1)19-11-18-9-15(19)16-10-17-6-7-20-16/h4-5,8-9,11,16-17H,1-3,6-7,10H2. The summed E-state index contributed by atoms with van der Waals surface area (Å²) in [7, 11) is 0. The van der Waals surface area contributed by atoms with Crippen LogP contribution in [0, 0.1) is 0 Å². The Balaban J connectivity index is 1.70. The Kier molecular flexibility index (Phi) is 3.05. The molecule has 1 atom stereocenters. The number of aryl methyl sites for hydroxylation is 2. The molecule has 1 aliphatic carbocycles. The second-order valence-electron chi connectivity index (χ2n) is 5.56. The molecule has 0 spiro atoms. The SMILES string of the molecule is c1cc2c(cc1-n1cncc1C1CNCCO1)CCC2. The number of nitrogens with one attached hydrogen (secondary N) is 1. The van der Waals surface area contributed by atoms with E-state index in [1.165, 1.54) is 36.1 Å². The van der Waals surface area contributed by atoms with E-state index in [2.05, 4.69) is 33.1 Å². The summed E-state index contributed by atoms with van der Waals surface area (Å²) in [5.41, 5.74) is 5.33. The third-order valence-electron chi connectivity index (χ3n) is 4.28. The molecule has 2 heterocycles. The van der Waals surface area contributed by atoms with Gasteiger partial charge in [0.1, 0.15) is 6.10 Å². The minimum atomic E-state index is 0.0968. The molecule has 2 aliphatic rings. The zero-order chi connectivity index (χ0) is 13.4. The van der Waals surface area contributed by atoms with Crippen LogP contribution in [0.15, 0.2) is 30.7 Å². The third kappa shape index (κ3) is 2.05. The quantitative estimate of drug-likeness (QED) is 0.906. The highest BCUT2D eigenvalue weighted by molar-refractivity contribution is 5.43. The topological polar surface area (TPSA) is 39.1 Å². The average Bonchev–Trinajstić information content (AvgIpc) is 3.16. The molecule has 0 radical (unpaired) electrons. The van der Waals surface area contributed by atoms with Crippen molar-refractivity contribution in [2.24, 2.45) is 0 Å². The van der Waals surface area contributed by atoms with Gasteiger partial charge in [-0.25, -0.2) is 4.98 Å². The van der Waals surface area contributed by atoms with E-state index >= 15 is 0 Å². The molecule has 1 aromatic carbocycles. The molecule has 1 unspecified atom stereocenters. The lowest BCUT2D eigenvalue weighted by atomic mass is 10.1. The van der Waals surface area contributed by atoms with Crippen LogP contribution in [0.1, 0.15) is 29.3 Å². The van der Waals surface area contributed by atoms with Gasteiger partial charge in [0, 0.05) is 18.8 Å². The maximum atomic E-state index is 5.85. The average molecular weight is 269 g/mol. The molecule has 0 bridgehead atoms. The molecule has 0 amide bonds. The zero-order valence-electron chi connectivity index (χ0n) is 11.5. The highest BCUT2D eigenvalue weighted by Crippen LogP contribution is 2.27. The molecular formula is C16H19N3O. The van der Waals surface area contributed by atoms with Crippen molar-refractivity contribution in [1.29, 1.82) is 0 Å². The fourth-order valence-electron chi connectivity index (χ4n) is 3.22. The molecule has 1 N–H and O–H groups in total. The molecular weight excluding hydrogens is 250 g/mol. The predicted molar refractivity (Wildman–Crippen MR) is 77.2 cm³/mol. The maximum Gasteiger partial charge on any atom is 0.112 e. The number of fused-ring (bicyclic) bond motifs is 1. The van der Waals surface area contributed by atoms with E-state index in [1.807, 2.05) is 12.5 Å². The third-order valence-corrected chi connectivity index (χ3v) is 4.28. The number of hydrogen-bond donors (Lipinski definition) is 1. The molecule has 2 aromatic rings. The van der Waals surface area contributed by atoms with Gasteiger partial charge in [-0.2, -0.15) is 0 Å². The van der Waals surface area contributed by atoms with Crippen LogP contribution in [-0.2, 0) is 17.6 Å². The van der Waals surface area contributed by atoms with E-state index in [9.17, 15) is 0 Å². The van der Waals surface area contributed by atoms with Crippen molar-refractivity contribution < 1.29 is 4.74 Å². The Labute approximate surface area is 118 Å². The summed E-state index contributed by atoms with van der Waals surface area (Å²) in [5.74, 6) is 0. The molecule has 1 fully saturated rings.